The van der Waals surface area contributed by atoms with Gasteiger partial charge in [0.25, 0.3) is 5.91 Å². The Morgan fingerprint density at radius 1 is 1.35 bits per heavy atom. The summed E-state index contributed by atoms with van der Waals surface area (Å²) >= 11 is 5.71. The lowest BCUT2D eigenvalue weighted by Crippen LogP contribution is -2.52. The molecule has 2 aliphatic heterocycles. The summed E-state index contributed by atoms with van der Waals surface area (Å²) in [6, 6.07) is 0. The topological polar surface area (TPSA) is 32.8 Å². The molecule has 4 nitrogen and oxygen atoms in total. The zero-order valence-corrected chi connectivity index (χ0v) is 11.2. The molecule has 0 aromatic carbocycles. The first-order valence-corrected chi connectivity index (χ1v) is 6.94. The van der Waals surface area contributed by atoms with Gasteiger partial charge in [-0.3, -0.25) is 9.69 Å². The molecule has 2 atom stereocenters. The molecule has 2 unspecified atom stereocenters. The summed E-state index contributed by atoms with van der Waals surface area (Å²) in [5, 5.41) is 0. The third-order valence-electron chi connectivity index (χ3n) is 3.72. The van der Waals surface area contributed by atoms with Crippen molar-refractivity contribution >= 4 is 17.5 Å². The fourth-order valence-corrected chi connectivity index (χ4v) is 2.74. The average molecular weight is 261 g/mol. The van der Waals surface area contributed by atoms with Crippen LogP contribution in [0.15, 0.2) is 0 Å². The lowest BCUT2D eigenvalue weighted by atomic mass is 10.0. The van der Waals surface area contributed by atoms with Crippen LogP contribution >= 0.6 is 11.6 Å². The van der Waals surface area contributed by atoms with Gasteiger partial charge >= 0.3 is 0 Å². The minimum atomic E-state index is -0.199. The Kier molecular flexibility index (Phi) is 4.65. The summed E-state index contributed by atoms with van der Waals surface area (Å²) < 4.78 is 5.53. The Morgan fingerprint density at radius 2 is 2.06 bits per heavy atom. The third-order valence-corrected chi connectivity index (χ3v) is 3.88. The second kappa shape index (κ2) is 6.03. The summed E-state index contributed by atoms with van der Waals surface area (Å²) in [5.41, 5.74) is 0. The molecule has 2 aliphatic rings. The predicted octanol–water partition coefficient (Wildman–Crippen LogP) is 0.794. The first-order valence-electron chi connectivity index (χ1n) is 6.41. The fourth-order valence-electron chi connectivity index (χ4n) is 2.50. The van der Waals surface area contributed by atoms with E-state index in [0.717, 1.165) is 45.8 Å². The van der Waals surface area contributed by atoms with Crippen molar-refractivity contribution in [1.82, 2.24) is 9.80 Å². The molecular formula is C12H21ClN2O2. The van der Waals surface area contributed by atoms with Crippen molar-refractivity contribution in [3.8, 4) is 0 Å². The van der Waals surface area contributed by atoms with Gasteiger partial charge in [-0.15, -0.1) is 11.6 Å². The molecule has 0 N–H and O–H groups in total. The maximum Gasteiger partial charge on any atom is 0.252 e. The summed E-state index contributed by atoms with van der Waals surface area (Å²) in [7, 11) is 0. The molecule has 2 saturated heterocycles. The van der Waals surface area contributed by atoms with E-state index >= 15 is 0 Å². The highest BCUT2D eigenvalue weighted by molar-refractivity contribution is 6.18. The fraction of sp³-hybridized carbons (Fsp3) is 0.917. The van der Waals surface area contributed by atoms with Crippen LogP contribution in [0, 0.1) is 5.92 Å². The van der Waals surface area contributed by atoms with Crippen LogP contribution in [0.2, 0.25) is 0 Å². The van der Waals surface area contributed by atoms with Crippen LogP contribution in [-0.2, 0) is 9.53 Å². The quantitative estimate of drug-likeness (QED) is 0.704. The molecule has 0 radical (unpaired) electrons. The number of rotatable bonds is 3. The zero-order valence-electron chi connectivity index (χ0n) is 10.4. The second-order valence-electron chi connectivity index (χ2n) is 4.91. The minimum absolute atomic E-state index is 0.181. The first-order chi connectivity index (χ1) is 8.22. The van der Waals surface area contributed by atoms with Crippen molar-refractivity contribution in [2.24, 2.45) is 5.92 Å². The monoisotopic (exact) mass is 260 g/mol. The number of nitrogens with zero attached hydrogens (tertiary/aromatic N) is 2. The second-order valence-corrected chi connectivity index (χ2v) is 5.29. The summed E-state index contributed by atoms with van der Waals surface area (Å²) in [6.45, 7) is 7.22. The number of carbonyl (C=O) groups is 1. The number of alkyl halides is 1. The van der Waals surface area contributed by atoms with E-state index < -0.39 is 0 Å². The lowest BCUT2D eigenvalue weighted by Gasteiger charge is -2.35. The highest BCUT2D eigenvalue weighted by Crippen LogP contribution is 2.22. The maximum atomic E-state index is 12.2. The van der Waals surface area contributed by atoms with Gasteiger partial charge in [0.15, 0.2) is 0 Å². The van der Waals surface area contributed by atoms with E-state index in [1.54, 1.807) is 0 Å². The van der Waals surface area contributed by atoms with Crippen LogP contribution in [-0.4, -0.2) is 67.0 Å². The highest BCUT2D eigenvalue weighted by atomic mass is 35.5. The van der Waals surface area contributed by atoms with E-state index in [1.807, 2.05) is 4.90 Å². The molecule has 1 amide bonds. The van der Waals surface area contributed by atoms with Crippen LogP contribution in [0.1, 0.15) is 13.3 Å². The first kappa shape index (κ1) is 13.1. The van der Waals surface area contributed by atoms with Gasteiger partial charge in [-0.1, -0.05) is 6.92 Å². The Hall–Kier alpha value is -0.320. The maximum absolute atomic E-state index is 12.2. The van der Waals surface area contributed by atoms with E-state index in [9.17, 15) is 4.79 Å². The molecule has 0 aromatic heterocycles. The standard InChI is InChI=1S/C12H21ClN2O2/c1-10-2-9-17-11(10)12(16)15-7-5-14(4-3-13)6-8-15/h10-11H,2-9H2,1H3. The number of hydrogen-bond acceptors (Lipinski definition) is 3. The molecule has 0 saturated carbocycles. The van der Waals surface area contributed by atoms with Gasteiger partial charge in [0, 0.05) is 45.2 Å². The molecule has 17 heavy (non-hydrogen) atoms. The van der Waals surface area contributed by atoms with Crippen molar-refractivity contribution in [3.05, 3.63) is 0 Å². The predicted molar refractivity (Wildman–Crippen MR) is 67.3 cm³/mol. The van der Waals surface area contributed by atoms with Crippen LogP contribution in [0.3, 0.4) is 0 Å². The molecule has 5 heteroatoms. The number of hydrogen-bond donors (Lipinski definition) is 0. The van der Waals surface area contributed by atoms with Crippen LogP contribution in [0.25, 0.3) is 0 Å². The number of amides is 1. The molecule has 0 spiro atoms. The molecule has 2 rings (SSSR count). The van der Waals surface area contributed by atoms with Crippen molar-refractivity contribution in [2.45, 2.75) is 19.4 Å². The van der Waals surface area contributed by atoms with E-state index in [0.29, 0.717) is 11.8 Å². The van der Waals surface area contributed by atoms with Gasteiger partial charge in [0.2, 0.25) is 0 Å². The third kappa shape index (κ3) is 3.12. The van der Waals surface area contributed by atoms with Crippen LogP contribution < -0.4 is 0 Å². The van der Waals surface area contributed by atoms with Crippen molar-refractivity contribution in [3.63, 3.8) is 0 Å². The van der Waals surface area contributed by atoms with E-state index in [-0.39, 0.29) is 12.0 Å². The Bertz CT molecular complexity index is 267. The summed E-state index contributed by atoms with van der Waals surface area (Å²) in [5.74, 6) is 1.21. The van der Waals surface area contributed by atoms with Gasteiger partial charge in [-0.05, 0) is 12.3 Å². The van der Waals surface area contributed by atoms with Gasteiger partial charge in [0.1, 0.15) is 6.10 Å². The van der Waals surface area contributed by atoms with Crippen LogP contribution in [0.5, 0.6) is 0 Å². The number of halogens is 1. The van der Waals surface area contributed by atoms with Crippen molar-refractivity contribution in [1.29, 1.82) is 0 Å². The van der Waals surface area contributed by atoms with Gasteiger partial charge in [0.05, 0.1) is 0 Å². The highest BCUT2D eigenvalue weighted by Gasteiger charge is 2.34. The lowest BCUT2D eigenvalue weighted by molar-refractivity contribution is -0.144. The normalized spacial score (nSPS) is 30.8. The smallest absolute Gasteiger partial charge is 0.252 e. The van der Waals surface area contributed by atoms with E-state index in [4.69, 9.17) is 16.3 Å². The van der Waals surface area contributed by atoms with Crippen molar-refractivity contribution < 1.29 is 9.53 Å². The molecule has 98 valence electrons. The van der Waals surface area contributed by atoms with E-state index in [1.165, 1.54) is 0 Å². The minimum Gasteiger partial charge on any atom is -0.368 e. The molecule has 0 aromatic rings. The Morgan fingerprint density at radius 3 is 2.59 bits per heavy atom. The van der Waals surface area contributed by atoms with E-state index in [2.05, 4.69) is 11.8 Å². The SMILES string of the molecule is CC1CCOC1C(=O)N1CCN(CCCl)CC1. The number of ether oxygens (including phenoxy) is 1. The average Bonchev–Trinajstić information content (AvgIpc) is 2.76. The molecule has 2 fully saturated rings. The largest absolute Gasteiger partial charge is 0.368 e. The summed E-state index contributed by atoms with van der Waals surface area (Å²) in [6.07, 6.45) is 0.803. The van der Waals surface area contributed by atoms with Gasteiger partial charge in [-0.2, -0.15) is 0 Å². The zero-order chi connectivity index (χ0) is 12.3. The molecular weight excluding hydrogens is 240 g/mol. The van der Waals surface area contributed by atoms with Crippen LogP contribution in [0.4, 0.5) is 0 Å². The van der Waals surface area contributed by atoms with Gasteiger partial charge in [-0.25, -0.2) is 0 Å². The number of carbonyl (C=O) groups excluding carboxylic acids is 1. The number of piperazine rings is 1. The molecule has 0 aliphatic carbocycles. The molecule has 0 bridgehead atoms. The molecule has 2 heterocycles. The Balaban J connectivity index is 1.82. The Labute approximate surface area is 108 Å². The summed E-state index contributed by atoms with van der Waals surface area (Å²) in [4.78, 5) is 16.5. The van der Waals surface area contributed by atoms with Gasteiger partial charge < -0.3 is 9.64 Å². The van der Waals surface area contributed by atoms with Crippen molar-refractivity contribution in [2.75, 3.05) is 45.2 Å².